The van der Waals surface area contributed by atoms with Crippen molar-refractivity contribution in [2.45, 2.75) is 19.4 Å². The third-order valence-corrected chi connectivity index (χ3v) is 3.78. The molecule has 0 fully saturated rings. The maximum atomic E-state index is 12.8. The molecule has 0 saturated heterocycles. The summed E-state index contributed by atoms with van der Waals surface area (Å²) < 4.78 is 17.8. The zero-order valence-corrected chi connectivity index (χ0v) is 15.1. The first-order valence-electron chi connectivity index (χ1n) is 8.50. The molecule has 2 aromatic carbocycles. The van der Waals surface area contributed by atoms with Crippen molar-refractivity contribution in [2.24, 2.45) is 0 Å². The summed E-state index contributed by atoms with van der Waals surface area (Å²) in [6, 6.07) is 11.7. The van der Waals surface area contributed by atoms with Crippen molar-refractivity contribution in [3.05, 3.63) is 81.7 Å². The van der Waals surface area contributed by atoms with Crippen molar-refractivity contribution in [1.29, 1.82) is 0 Å². The lowest BCUT2D eigenvalue weighted by Gasteiger charge is -2.12. The highest BCUT2D eigenvalue weighted by Gasteiger charge is 2.16. The molecule has 0 unspecified atom stereocenters. The first-order valence-corrected chi connectivity index (χ1v) is 8.50. The molecule has 1 N–H and O–H groups in total. The van der Waals surface area contributed by atoms with Gasteiger partial charge in [0, 0.05) is 24.8 Å². The Morgan fingerprint density at radius 2 is 1.96 bits per heavy atom. The average molecular weight is 386 g/mol. The Hall–Kier alpha value is -3.55. The quantitative estimate of drug-likeness (QED) is 0.325. The van der Waals surface area contributed by atoms with Crippen LogP contribution >= 0.6 is 0 Å². The normalized spacial score (nSPS) is 11.8. The van der Waals surface area contributed by atoms with Gasteiger partial charge in [-0.1, -0.05) is 24.3 Å². The molecule has 28 heavy (non-hydrogen) atoms. The van der Waals surface area contributed by atoms with Gasteiger partial charge in [0.1, 0.15) is 5.82 Å². The van der Waals surface area contributed by atoms with Crippen LogP contribution in [-0.2, 0) is 20.7 Å². The van der Waals surface area contributed by atoms with Crippen LogP contribution in [0.15, 0.2) is 54.6 Å². The largest absolute Gasteiger partial charge is 0.449 e. The van der Waals surface area contributed by atoms with Crippen molar-refractivity contribution >= 4 is 23.6 Å². The van der Waals surface area contributed by atoms with Crippen LogP contribution in [0.1, 0.15) is 18.1 Å². The minimum absolute atomic E-state index is 0.0931. The second-order valence-electron chi connectivity index (χ2n) is 5.93. The number of nitrogens with zero attached hydrogens (tertiary/aromatic N) is 1. The third-order valence-electron chi connectivity index (χ3n) is 3.78. The van der Waals surface area contributed by atoms with E-state index >= 15 is 0 Å². The van der Waals surface area contributed by atoms with Crippen molar-refractivity contribution in [1.82, 2.24) is 5.32 Å². The van der Waals surface area contributed by atoms with E-state index in [0.717, 1.165) is 11.6 Å². The number of hydrogen-bond acceptors (Lipinski definition) is 5. The van der Waals surface area contributed by atoms with E-state index in [9.17, 15) is 24.1 Å². The van der Waals surface area contributed by atoms with Crippen LogP contribution in [0.2, 0.25) is 0 Å². The number of benzene rings is 2. The number of rotatable bonds is 8. The lowest BCUT2D eigenvalue weighted by Crippen LogP contribution is -2.36. The fourth-order valence-electron chi connectivity index (χ4n) is 2.30. The summed E-state index contributed by atoms with van der Waals surface area (Å²) >= 11 is 0. The molecule has 0 spiro atoms. The van der Waals surface area contributed by atoms with Crippen LogP contribution in [0.5, 0.6) is 0 Å². The minimum Gasteiger partial charge on any atom is -0.449 e. The molecule has 1 amide bonds. The molecule has 8 heteroatoms. The highest BCUT2D eigenvalue weighted by atomic mass is 19.1. The number of carbonyl (C=O) groups excluding carboxylic acids is 2. The van der Waals surface area contributed by atoms with Crippen LogP contribution in [0, 0.1) is 15.9 Å². The molecule has 0 heterocycles. The number of halogens is 1. The first kappa shape index (κ1) is 20.8. The molecule has 7 nitrogen and oxygen atoms in total. The van der Waals surface area contributed by atoms with Crippen molar-refractivity contribution < 1.29 is 23.6 Å². The molecule has 2 rings (SSSR count). The van der Waals surface area contributed by atoms with Crippen molar-refractivity contribution in [3.8, 4) is 0 Å². The molecule has 0 aromatic heterocycles. The fourth-order valence-corrected chi connectivity index (χ4v) is 2.30. The van der Waals surface area contributed by atoms with Gasteiger partial charge < -0.3 is 10.1 Å². The molecule has 0 aliphatic carbocycles. The van der Waals surface area contributed by atoms with E-state index in [-0.39, 0.29) is 11.5 Å². The molecule has 146 valence electrons. The van der Waals surface area contributed by atoms with Crippen LogP contribution in [0.3, 0.4) is 0 Å². The zero-order valence-electron chi connectivity index (χ0n) is 15.1. The molecule has 2 aromatic rings. The SMILES string of the molecule is C[C@@H](OC(=O)/C=C/c1cccc([N+](=O)[O-])c1)C(=O)NCCc1ccc(F)cc1. The van der Waals surface area contributed by atoms with Gasteiger partial charge in [-0.25, -0.2) is 9.18 Å². The van der Waals surface area contributed by atoms with E-state index in [0.29, 0.717) is 18.5 Å². The average Bonchev–Trinajstić information content (AvgIpc) is 2.68. The van der Waals surface area contributed by atoms with E-state index in [1.165, 1.54) is 43.3 Å². The van der Waals surface area contributed by atoms with Crippen molar-refractivity contribution in [3.63, 3.8) is 0 Å². The number of esters is 1. The molecular weight excluding hydrogens is 367 g/mol. The number of amides is 1. The summed E-state index contributed by atoms with van der Waals surface area (Å²) in [6.07, 6.45) is 1.98. The maximum absolute atomic E-state index is 12.8. The highest BCUT2D eigenvalue weighted by Crippen LogP contribution is 2.14. The number of non-ortho nitro benzene ring substituents is 1. The number of ether oxygens (including phenoxy) is 1. The van der Waals surface area contributed by atoms with E-state index < -0.39 is 22.9 Å². The molecule has 1 atom stereocenters. The van der Waals surface area contributed by atoms with Crippen molar-refractivity contribution in [2.75, 3.05) is 6.54 Å². The summed E-state index contributed by atoms with van der Waals surface area (Å²) in [5.41, 5.74) is 1.23. The number of nitro groups is 1. The second kappa shape index (κ2) is 9.96. The molecular formula is C20H19FN2O5. The standard InChI is InChI=1S/C20H19FN2O5/c1-14(20(25)22-12-11-15-5-8-17(21)9-6-15)28-19(24)10-7-16-3-2-4-18(13-16)23(26)27/h2-10,13-14H,11-12H2,1H3,(H,22,25)/b10-7+/t14-/m1/s1. The minimum atomic E-state index is -1.00. The van der Waals surface area contributed by atoms with E-state index in [4.69, 9.17) is 4.74 Å². The van der Waals surface area contributed by atoms with Crippen LogP contribution in [0.4, 0.5) is 10.1 Å². The second-order valence-corrected chi connectivity index (χ2v) is 5.93. The summed E-state index contributed by atoms with van der Waals surface area (Å²) in [4.78, 5) is 34.0. The van der Waals surface area contributed by atoms with Crippen LogP contribution in [-0.4, -0.2) is 29.4 Å². The molecule has 0 aliphatic rings. The van der Waals surface area contributed by atoms with E-state index in [2.05, 4.69) is 5.32 Å². The van der Waals surface area contributed by atoms with Gasteiger partial charge in [-0.15, -0.1) is 0 Å². The summed E-state index contributed by atoms with van der Waals surface area (Å²) in [6.45, 7) is 1.75. The van der Waals surface area contributed by atoms with Crippen LogP contribution in [0.25, 0.3) is 6.08 Å². The Bertz CT molecular complexity index is 880. The highest BCUT2D eigenvalue weighted by molar-refractivity contribution is 5.90. The lowest BCUT2D eigenvalue weighted by molar-refractivity contribution is -0.384. The summed E-state index contributed by atoms with van der Waals surface area (Å²) in [5, 5.41) is 13.4. The number of carbonyl (C=O) groups is 2. The number of nitrogens with one attached hydrogen (secondary N) is 1. The zero-order chi connectivity index (χ0) is 20.5. The van der Waals surface area contributed by atoms with Gasteiger partial charge in [0.2, 0.25) is 0 Å². The third kappa shape index (κ3) is 6.64. The molecule has 0 bridgehead atoms. The van der Waals surface area contributed by atoms with E-state index in [1.54, 1.807) is 18.2 Å². The lowest BCUT2D eigenvalue weighted by atomic mass is 10.1. The van der Waals surface area contributed by atoms with Gasteiger partial charge in [0.05, 0.1) is 4.92 Å². The fraction of sp³-hybridized carbons (Fsp3) is 0.200. The summed E-state index contributed by atoms with van der Waals surface area (Å²) in [7, 11) is 0. The molecule has 0 radical (unpaired) electrons. The van der Waals surface area contributed by atoms with Gasteiger partial charge in [-0.05, 0) is 42.7 Å². The maximum Gasteiger partial charge on any atom is 0.331 e. The number of hydrogen-bond donors (Lipinski definition) is 1. The molecule has 0 saturated carbocycles. The Kier molecular flexibility index (Phi) is 7.38. The predicted molar refractivity (Wildman–Crippen MR) is 101 cm³/mol. The Morgan fingerprint density at radius 1 is 1.25 bits per heavy atom. The smallest absolute Gasteiger partial charge is 0.331 e. The molecule has 0 aliphatic heterocycles. The first-order chi connectivity index (χ1) is 13.3. The van der Waals surface area contributed by atoms with Crippen LogP contribution < -0.4 is 5.32 Å². The predicted octanol–water partition coefficient (Wildman–Crippen LogP) is 3.04. The Balaban J connectivity index is 1.79. The Morgan fingerprint density at radius 3 is 2.64 bits per heavy atom. The van der Waals surface area contributed by atoms with Gasteiger partial charge >= 0.3 is 5.97 Å². The number of nitro benzene ring substituents is 1. The Labute approximate surface area is 161 Å². The summed E-state index contributed by atoms with van der Waals surface area (Å²) in [5.74, 6) is -1.53. The van der Waals surface area contributed by atoms with Gasteiger partial charge in [0.15, 0.2) is 6.10 Å². The monoisotopic (exact) mass is 386 g/mol. The van der Waals surface area contributed by atoms with E-state index in [1.807, 2.05) is 0 Å². The van der Waals surface area contributed by atoms with Gasteiger partial charge in [-0.2, -0.15) is 0 Å². The van der Waals surface area contributed by atoms with Gasteiger partial charge in [0.25, 0.3) is 11.6 Å². The topological polar surface area (TPSA) is 98.5 Å². The van der Waals surface area contributed by atoms with Gasteiger partial charge in [-0.3, -0.25) is 14.9 Å².